The van der Waals surface area contributed by atoms with Crippen LogP contribution in [0.15, 0.2) is 34.9 Å². The lowest BCUT2D eigenvalue weighted by Gasteiger charge is -2.14. The van der Waals surface area contributed by atoms with Gasteiger partial charge in [-0.05, 0) is 20.0 Å². The van der Waals surface area contributed by atoms with E-state index in [2.05, 4.69) is 5.16 Å². The molecule has 0 saturated carbocycles. The van der Waals surface area contributed by atoms with Crippen LogP contribution < -0.4 is 5.19 Å². The highest BCUT2D eigenvalue weighted by atomic mass is 28.4. The second-order valence-electron chi connectivity index (χ2n) is 4.39. The van der Waals surface area contributed by atoms with E-state index in [0.29, 0.717) is 0 Å². The summed E-state index contributed by atoms with van der Waals surface area (Å²) in [6, 6.07) is 9.81. The SMILES string of the molecule is Cc1onc(-c2ccccc2)c1[Si](C)(C)O. The van der Waals surface area contributed by atoms with Gasteiger partial charge in [-0.15, -0.1) is 0 Å². The van der Waals surface area contributed by atoms with Crippen molar-refractivity contribution in [1.29, 1.82) is 0 Å². The molecule has 4 heteroatoms. The minimum atomic E-state index is -2.41. The van der Waals surface area contributed by atoms with Gasteiger partial charge in [-0.2, -0.15) is 0 Å². The van der Waals surface area contributed by atoms with Crippen molar-refractivity contribution < 1.29 is 9.32 Å². The van der Waals surface area contributed by atoms with Crippen molar-refractivity contribution in [3.05, 3.63) is 36.1 Å². The van der Waals surface area contributed by atoms with Crippen molar-refractivity contribution >= 4 is 13.5 Å². The highest BCUT2D eigenvalue weighted by molar-refractivity contribution is 6.84. The van der Waals surface area contributed by atoms with E-state index in [1.807, 2.05) is 50.3 Å². The molecule has 1 heterocycles. The molecule has 0 aliphatic heterocycles. The van der Waals surface area contributed by atoms with Crippen molar-refractivity contribution in [3.63, 3.8) is 0 Å². The molecule has 2 rings (SSSR count). The van der Waals surface area contributed by atoms with Gasteiger partial charge in [0.15, 0.2) is 0 Å². The lowest BCUT2D eigenvalue weighted by molar-refractivity contribution is 0.400. The van der Waals surface area contributed by atoms with E-state index in [1.54, 1.807) is 0 Å². The summed E-state index contributed by atoms with van der Waals surface area (Å²) in [7, 11) is -2.41. The van der Waals surface area contributed by atoms with Crippen molar-refractivity contribution in [2.75, 3.05) is 0 Å². The van der Waals surface area contributed by atoms with Crippen LogP contribution in [0.1, 0.15) is 5.76 Å². The Bertz CT molecular complexity index is 485. The number of hydrogen-bond donors (Lipinski definition) is 1. The van der Waals surface area contributed by atoms with Crippen LogP contribution in [-0.4, -0.2) is 18.3 Å². The maximum atomic E-state index is 10.2. The van der Waals surface area contributed by atoms with Gasteiger partial charge in [0.05, 0.1) is 0 Å². The van der Waals surface area contributed by atoms with E-state index in [9.17, 15) is 4.80 Å². The maximum Gasteiger partial charge on any atom is 0.220 e. The van der Waals surface area contributed by atoms with Crippen molar-refractivity contribution in [2.24, 2.45) is 0 Å². The van der Waals surface area contributed by atoms with Gasteiger partial charge in [0.25, 0.3) is 0 Å². The number of aryl methyl sites for hydroxylation is 1. The number of rotatable bonds is 2. The lowest BCUT2D eigenvalue weighted by atomic mass is 10.1. The summed E-state index contributed by atoms with van der Waals surface area (Å²) in [5.41, 5.74) is 1.77. The molecule has 0 fully saturated rings. The summed E-state index contributed by atoms with van der Waals surface area (Å²) in [4.78, 5) is 10.2. The van der Waals surface area contributed by atoms with E-state index in [1.165, 1.54) is 0 Å². The van der Waals surface area contributed by atoms with Gasteiger partial charge in [0, 0.05) is 10.8 Å². The lowest BCUT2D eigenvalue weighted by Crippen LogP contribution is -2.43. The molecular weight excluding hydrogens is 218 g/mol. The topological polar surface area (TPSA) is 46.3 Å². The Labute approximate surface area is 95.8 Å². The largest absolute Gasteiger partial charge is 0.428 e. The third-order valence-corrected chi connectivity index (χ3v) is 4.33. The quantitative estimate of drug-likeness (QED) is 0.808. The standard InChI is InChI=1S/C12H15NO2Si/c1-9-12(16(2,3)14)11(13-15-9)10-7-5-4-6-8-10/h4-8,14H,1-3H3. The van der Waals surface area contributed by atoms with Gasteiger partial charge >= 0.3 is 0 Å². The van der Waals surface area contributed by atoms with Gasteiger partial charge in [-0.25, -0.2) is 0 Å². The molecule has 0 unspecified atom stereocenters. The summed E-state index contributed by atoms with van der Waals surface area (Å²) in [6.07, 6.45) is 0. The first-order chi connectivity index (χ1) is 7.50. The second-order valence-corrected chi connectivity index (χ2v) is 8.01. The van der Waals surface area contributed by atoms with Crippen molar-refractivity contribution in [2.45, 2.75) is 20.0 Å². The predicted molar refractivity (Wildman–Crippen MR) is 66.0 cm³/mol. The Hall–Kier alpha value is -1.39. The number of benzene rings is 1. The van der Waals surface area contributed by atoms with E-state index in [4.69, 9.17) is 4.52 Å². The molecule has 84 valence electrons. The zero-order valence-electron chi connectivity index (χ0n) is 9.69. The fraction of sp³-hybridized carbons (Fsp3) is 0.250. The minimum Gasteiger partial charge on any atom is -0.428 e. The van der Waals surface area contributed by atoms with Crippen LogP contribution in [-0.2, 0) is 0 Å². The monoisotopic (exact) mass is 233 g/mol. The van der Waals surface area contributed by atoms with Crippen LogP contribution in [0.25, 0.3) is 11.3 Å². The van der Waals surface area contributed by atoms with Crippen LogP contribution in [0.4, 0.5) is 0 Å². The Morgan fingerprint density at radius 3 is 2.38 bits per heavy atom. The van der Waals surface area contributed by atoms with Crippen LogP contribution in [0, 0.1) is 6.92 Å². The minimum absolute atomic E-state index is 0.720. The Balaban J connectivity index is 2.60. The number of nitrogens with zero attached hydrogens (tertiary/aromatic N) is 1. The molecule has 0 atom stereocenters. The van der Waals surface area contributed by atoms with Gasteiger partial charge in [0.2, 0.25) is 8.32 Å². The van der Waals surface area contributed by atoms with E-state index >= 15 is 0 Å². The third-order valence-electron chi connectivity index (χ3n) is 2.52. The zero-order valence-corrected chi connectivity index (χ0v) is 10.7. The summed E-state index contributed by atoms with van der Waals surface area (Å²) in [5.74, 6) is 0.720. The van der Waals surface area contributed by atoms with E-state index in [-0.39, 0.29) is 0 Å². The maximum absolute atomic E-state index is 10.2. The molecule has 0 aliphatic rings. The van der Waals surface area contributed by atoms with Gasteiger partial charge in [-0.1, -0.05) is 35.5 Å². The molecule has 3 nitrogen and oxygen atoms in total. The summed E-state index contributed by atoms with van der Waals surface area (Å²) in [5, 5.41) is 4.94. The van der Waals surface area contributed by atoms with Crippen molar-refractivity contribution in [1.82, 2.24) is 5.16 Å². The first-order valence-corrected chi connectivity index (χ1v) is 8.19. The highest BCUT2D eigenvalue weighted by Crippen LogP contribution is 2.19. The van der Waals surface area contributed by atoms with E-state index in [0.717, 1.165) is 22.2 Å². The average molecular weight is 233 g/mol. The molecule has 0 spiro atoms. The Morgan fingerprint density at radius 1 is 1.19 bits per heavy atom. The molecule has 2 aromatic rings. The molecule has 0 aliphatic carbocycles. The normalized spacial score (nSPS) is 11.8. The molecular formula is C12H15NO2Si. The van der Waals surface area contributed by atoms with Crippen LogP contribution in [0.3, 0.4) is 0 Å². The van der Waals surface area contributed by atoms with E-state index < -0.39 is 8.32 Å². The second kappa shape index (κ2) is 3.88. The first kappa shape index (κ1) is 11.1. The fourth-order valence-corrected chi connectivity index (χ4v) is 3.56. The van der Waals surface area contributed by atoms with Gasteiger partial charge in [0.1, 0.15) is 11.5 Å². The Kier molecular flexibility index (Phi) is 2.69. The van der Waals surface area contributed by atoms with Crippen LogP contribution >= 0.6 is 0 Å². The summed E-state index contributed by atoms with van der Waals surface area (Å²) < 4.78 is 5.20. The van der Waals surface area contributed by atoms with Crippen LogP contribution in [0.5, 0.6) is 0 Å². The predicted octanol–water partition coefficient (Wildman–Crippen LogP) is 2.05. The molecule has 1 aromatic carbocycles. The number of hydrogen-bond acceptors (Lipinski definition) is 3. The molecule has 16 heavy (non-hydrogen) atoms. The Morgan fingerprint density at radius 2 is 1.81 bits per heavy atom. The summed E-state index contributed by atoms with van der Waals surface area (Å²) >= 11 is 0. The molecule has 0 bridgehead atoms. The zero-order chi connectivity index (χ0) is 11.8. The average Bonchev–Trinajstić information content (AvgIpc) is 2.61. The highest BCUT2D eigenvalue weighted by Gasteiger charge is 2.30. The molecule has 0 radical (unpaired) electrons. The number of aromatic nitrogens is 1. The molecule has 0 amide bonds. The molecule has 0 saturated heterocycles. The molecule has 1 aromatic heterocycles. The smallest absolute Gasteiger partial charge is 0.220 e. The fourth-order valence-electron chi connectivity index (χ4n) is 1.89. The molecule has 1 N–H and O–H groups in total. The van der Waals surface area contributed by atoms with Crippen LogP contribution in [0.2, 0.25) is 13.1 Å². The summed E-state index contributed by atoms with van der Waals surface area (Å²) in [6.45, 7) is 5.59. The van der Waals surface area contributed by atoms with Gasteiger partial charge in [-0.3, -0.25) is 0 Å². The van der Waals surface area contributed by atoms with Gasteiger partial charge < -0.3 is 9.32 Å². The van der Waals surface area contributed by atoms with Crippen molar-refractivity contribution in [3.8, 4) is 11.3 Å². The first-order valence-electron chi connectivity index (χ1n) is 5.24. The third kappa shape index (κ3) is 1.94.